The van der Waals surface area contributed by atoms with Crippen LogP contribution in [0.5, 0.6) is 5.75 Å². The number of hydrogen-bond acceptors (Lipinski definition) is 4. The van der Waals surface area contributed by atoms with Crippen molar-refractivity contribution in [2.24, 2.45) is 0 Å². The SMILES string of the molecule is O=c1oc2c3c(c(Cl)cc2c2c1CCCC2)OC[NH+](Cc1cccnc1)C3. The number of hydrogen-bond donors (Lipinski definition) is 1. The molecule has 27 heavy (non-hydrogen) atoms. The van der Waals surface area contributed by atoms with Gasteiger partial charge in [-0.15, -0.1) is 0 Å². The van der Waals surface area contributed by atoms with E-state index in [2.05, 4.69) is 11.1 Å². The number of ether oxygens (including phenoxy) is 1. The summed E-state index contributed by atoms with van der Waals surface area (Å²) in [6.07, 6.45) is 7.46. The van der Waals surface area contributed by atoms with Gasteiger partial charge < -0.3 is 9.15 Å². The fraction of sp³-hybridized carbons (Fsp3) is 0.333. The van der Waals surface area contributed by atoms with Gasteiger partial charge in [-0.05, 0) is 43.4 Å². The van der Waals surface area contributed by atoms with Gasteiger partial charge in [-0.1, -0.05) is 17.7 Å². The predicted molar refractivity (Wildman–Crippen MR) is 102 cm³/mol. The van der Waals surface area contributed by atoms with Crippen molar-refractivity contribution in [3.63, 3.8) is 0 Å². The van der Waals surface area contributed by atoms with Crippen LogP contribution in [0.2, 0.25) is 5.02 Å². The lowest BCUT2D eigenvalue weighted by molar-refractivity contribution is -0.945. The zero-order valence-electron chi connectivity index (χ0n) is 14.9. The molecule has 3 heterocycles. The highest BCUT2D eigenvalue weighted by molar-refractivity contribution is 6.33. The van der Waals surface area contributed by atoms with Crippen molar-refractivity contribution in [3.8, 4) is 5.75 Å². The van der Waals surface area contributed by atoms with Gasteiger partial charge in [-0.3, -0.25) is 9.88 Å². The molecule has 1 aromatic carbocycles. The highest BCUT2D eigenvalue weighted by Crippen LogP contribution is 2.38. The third-order valence-electron chi connectivity index (χ3n) is 5.54. The van der Waals surface area contributed by atoms with E-state index in [0.717, 1.165) is 59.9 Å². The van der Waals surface area contributed by atoms with Gasteiger partial charge in [-0.25, -0.2) is 4.79 Å². The van der Waals surface area contributed by atoms with Crippen LogP contribution >= 0.6 is 11.6 Å². The first-order valence-electron chi connectivity index (χ1n) is 9.36. The molecule has 1 aliphatic heterocycles. The number of nitrogens with zero attached hydrogens (tertiary/aromatic N) is 1. The van der Waals surface area contributed by atoms with E-state index in [-0.39, 0.29) is 5.63 Å². The van der Waals surface area contributed by atoms with Crippen molar-refractivity contribution in [3.05, 3.63) is 68.3 Å². The van der Waals surface area contributed by atoms with Crippen molar-refractivity contribution in [1.29, 1.82) is 0 Å². The number of aromatic nitrogens is 1. The molecule has 0 radical (unpaired) electrons. The van der Waals surface area contributed by atoms with Crippen LogP contribution in [-0.2, 0) is 25.9 Å². The Kier molecular flexibility index (Phi) is 4.14. The normalized spacial score (nSPS) is 18.6. The van der Waals surface area contributed by atoms with Gasteiger partial charge in [0.2, 0.25) is 6.73 Å². The van der Waals surface area contributed by atoms with E-state index < -0.39 is 0 Å². The van der Waals surface area contributed by atoms with Crippen LogP contribution in [0.4, 0.5) is 0 Å². The lowest BCUT2D eigenvalue weighted by Crippen LogP contribution is -3.10. The van der Waals surface area contributed by atoms with Gasteiger partial charge in [0.1, 0.15) is 13.1 Å². The number of nitrogens with one attached hydrogen (secondary N) is 1. The maximum atomic E-state index is 12.6. The molecule has 1 N–H and O–H groups in total. The summed E-state index contributed by atoms with van der Waals surface area (Å²) in [5, 5.41) is 1.57. The van der Waals surface area contributed by atoms with Crippen molar-refractivity contribution >= 4 is 22.6 Å². The first-order chi connectivity index (χ1) is 13.2. The number of aryl methyl sites for hydroxylation is 1. The number of halogens is 1. The van der Waals surface area contributed by atoms with Crippen molar-refractivity contribution in [1.82, 2.24) is 4.98 Å². The molecule has 0 saturated carbocycles. The van der Waals surface area contributed by atoms with Crippen LogP contribution in [-0.4, -0.2) is 11.7 Å². The molecule has 6 heteroatoms. The van der Waals surface area contributed by atoms with Gasteiger partial charge in [0.15, 0.2) is 11.3 Å². The fourth-order valence-corrected chi connectivity index (χ4v) is 4.56. The number of pyridine rings is 1. The Morgan fingerprint density at radius 3 is 2.85 bits per heavy atom. The molecule has 2 aromatic heterocycles. The molecule has 0 spiro atoms. The smallest absolute Gasteiger partial charge is 0.339 e. The zero-order chi connectivity index (χ0) is 18.4. The van der Waals surface area contributed by atoms with Crippen LogP contribution < -0.4 is 15.3 Å². The Bertz CT molecular complexity index is 1080. The Balaban J connectivity index is 1.61. The molecular weight excluding hydrogens is 364 g/mol. The van der Waals surface area contributed by atoms with Crippen LogP contribution in [0, 0.1) is 0 Å². The molecule has 0 fully saturated rings. The third kappa shape index (κ3) is 2.91. The first-order valence-corrected chi connectivity index (χ1v) is 9.73. The molecule has 0 amide bonds. The van der Waals surface area contributed by atoms with Crippen molar-refractivity contribution < 1.29 is 14.1 Å². The Morgan fingerprint density at radius 2 is 2.04 bits per heavy atom. The second-order valence-corrected chi connectivity index (χ2v) is 7.76. The number of quaternary nitrogens is 1. The van der Waals surface area contributed by atoms with E-state index in [1.165, 1.54) is 4.90 Å². The minimum absolute atomic E-state index is 0.207. The highest BCUT2D eigenvalue weighted by atomic mass is 35.5. The molecule has 138 valence electrons. The largest absolute Gasteiger partial charge is 0.443 e. The molecule has 1 unspecified atom stereocenters. The minimum atomic E-state index is -0.207. The average Bonchev–Trinajstić information content (AvgIpc) is 2.70. The maximum Gasteiger partial charge on any atom is 0.339 e. The average molecular weight is 384 g/mol. The van der Waals surface area contributed by atoms with E-state index in [1.54, 1.807) is 6.20 Å². The lowest BCUT2D eigenvalue weighted by atomic mass is 9.90. The van der Waals surface area contributed by atoms with Gasteiger partial charge in [0, 0.05) is 28.9 Å². The second kappa shape index (κ2) is 6.66. The highest BCUT2D eigenvalue weighted by Gasteiger charge is 2.29. The van der Waals surface area contributed by atoms with Crippen LogP contribution in [0.3, 0.4) is 0 Å². The molecule has 0 saturated heterocycles. The van der Waals surface area contributed by atoms with E-state index in [0.29, 0.717) is 29.6 Å². The summed E-state index contributed by atoms with van der Waals surface area (Å²) in [6, 6.07) is 5.90. The number of benzene rings is 1. The van der Waals surface area contributed by atoms with E-state index >= 15 is 0 Å². The molecule has 1 aliphatic carbocycles. The van der Waals surface area contributed by atoms with Crippen LogP contribution in [0.15, 0.2) is 39.8 Å². The standard InChI is InChI=1S/C21H19ClN2O3/c22-18-8-16-14-5-1-2-6-15(14)21(25)27-19(16)17-11-24(12-26-20(17)18)10-13-4-3-7-23-9-13/h3-4,7-9H,1-2,5-6,10-12H2/p+1. The molecule has 5 nitrogen and oxygen atoms in total. The van der Waals surface area contributed by atoms with Crippen molar-refractivity contribution in [2.75, 3.05) is 6.73 Å². The summed E-state index contributed by atoms with van der Waals surface area (Å²) in [5.41, 5.74) is 4.40. The minimum Gasteiger partial charge on any atom is -0.443 e. The third-order valence-corrected chi connectivity index (χ3v) is 5.82. The summed E-state index contributed by atoms with van der Waals surface area (Å²) in [5.74, 6) is 0.651. The van der Waals surface area contributed by atoms with Crippen LogP contribution in [0.25, 0.3) is 11.0 Å². The van der Waals surface area contributed by atoms with Crippen LogP contribution in [0.1, 0.15) is 35.1 Å². The fourth-order valence-electron chi connectivity index (χ4n) is 4.29. The molecule has 0 bridgehead atoms. The Morgan fingerprint density at radius 1 is 1.19 bits per heavy atom. The van der Waals surface area contributed by atoms with E-state index in [1.807, 2.05) is 18.3 Å². The zero-order valence-corrected chi connectivity index (χ0v) is 15.6. The maximum absolute atomic E-state index is 12.6. The summed E-state index contributed by atoms with van der Waals surface area (Å²) in [6.45, 7) is 2.00. The Hall–Kier alpha value is -2.37. The molecule has 3 aromatic rings. The number of rotatable bonds is 2. The van der Waals surface area contributed by atoms with Gasteiger partial charge in [0.25, 0.3) is 0 Å². The number of fused-ring (bicyclic) bond motifs is 5. The molecule has 1 atom stereocenters. The summed E-state index contributed by atoms with van der Waals surface area (Å²) >= 11 is 6.55. The van der Waals surface area contributed by atoms with Gasteiger partial charge in [-0.2, -0.15) is 0 Å². The monoisotopic (exact) mass is 383 g/mol. The Labute approximate surface area is 161 Å². The lowest BCUT2D eigenvalue weighted by Gasteiger charge is -2.28. The van der Waals surface area contributed by atoms with E-state index in [9.17, 15) is 4.79 Å². The molecular formula is C21H20ClN2O3+. The van der Waals surface area contributed by atoms with Gasteiger partial charge >= 0.3 is 5.63 Å². The topological polar surface area (TPSA) is 56.8 Å². The summed E-state index contributed by atoms with van der Waals surface area (Å²) in [7, 11) is 0. The van der Waals surface area contributed by atoms with Gasteiger partial charge in [0.05, 0.1) is 10.6 Å². The van der Waals surface area contributed by atoms with E-state index in [4.69, 9.17) is 20.8 Å². The second-order valence-electron chi connectivity index (χ2n) is 7.35. The summed E-state index contributed by atoms with van der Waals surface area (Å²) in [4.78, 5) is 18.0. The summed E-state index contributed by atoms with van der Waals surface area (Å²) < 4.78 is 11.8. The molecule has 2 aliphatic rings. The first kappa shape index (κ1) is 16.8. The molecule has 5 rings (SSSR count). The predicted octanol–water partition coefficient (Wildman–Crippen LogP) is 2.66. The van der Waals surface area contributed by atoms with Crippen molar-refractivity contribution in [2.45, 2.75) is 38.8 Å². The quantitative estimate of drug-likeness (QED) is 0.691.